The van der Waals surface area contributed by atoms with E-state index in [4.69, 9.17) is 9.05 Å². The van der Waals surface area contributed by atoms with Crippen LogP contribution < -0.4 is 0 Å². The van der Waals surface area contributed by atoms with Crippen LogP contribution in [0.4, 0.5) is 4.39 Å². The number of hydrogen-bond acceptors (Lipinski definition) is 5. The Morgan fingerprint density at radius 2 is 1.22 bits per heavy atom. The number of halogens is 1. The lowest BCUT2D eigenvalue weighted by Crippen LogP contribution is -1.99. The summed E-state index contributed by atoms with van der Waals surface area (Å²) in [6.07, 6.45) is 3.39. The molecule has 0 saturated heterocycles. The van der Waals surface area contributed by atoms with Crippen molar-refractivity contribution in [2.45, 2.75) is 26.5 Å². The number of phosphoric ester groups is 1. The van der Waals surface area contributed by atoms with Crippen LogP contribution in [0.3, 0.4) is 0 Å². The van der Waals surface area contributed by atoms with Crippen molar-refractivity contribution < 1.29 is 22.9 Å². The largest absolute Gasteiger partial charge is 0.584 e. The number of hydrogen-bond donors (Lipinski definition) is 1. The molecule has 0 fully saturated rings. The molecule has 4 aromatic rings. The van der Waals surface area contributed by atoms with E-state index >= 15 is 0 Å². The van der Waals surface area contributed by atoms with Crippen LogP contribution in [0.1, 0.15) is 27.8 Å². The Kier molecular flexibility index (Phi) is 6.25. The van der Waals surface area contributed by atoms with Gasteiger partial charge in [-0.1, -0.05) is 84.2 Å². The molecular weight excluding hydrogens is 526 g/mol. The number of fused-ring (bicyclic) bond motifs is 4. The van der Waals surface area contributed by atoms with Gasteiger partial charge in [-0.25, -0.2) is 8.96 Å². The molecule has 1 atom stereocenters. The van der Waals surface area contributed by atoms with Gasteiger partial charge in [0.2, 0.25) is 0 Å². The Morgan fingerprint density at radius 3 is 1.84 bits per heavy atom. The highest BCUT2D eigenvalue weighted by molar-refractivity contribution is 7.99. The van der Waals surface area contributed by atoms with E-state index in [1.54, 1.807) is 36.0 Å². The van der Waals surface area contributed by atoms with E-state index in [2.05, 4.69) is 0 Å². The smallest absolute Gasteiger partial charge is 0.394 e. The molecule has 1 N–H and O–H groups in total. The summed E-state index contributed by atoms with van der Waals surface area (Å²) in [5.41, 5.74) is 3.71. The van der Waals surface area contributed by atoms with E-state index in [0.717, 1.165) is 31.4 Å². The van der Waals surface area contributed by atoms with Gasteiger partial charge >= 0.3 is 7.82 Å². The van der Waals surface area contributed by atoms with Gasteiger partial charge < -0.3 is 9.05 Å². The quantitative estimate of drug-likeness (QED) is 0.258. The minimum atomic E-state index is -4.71. The molecule has 2 aliphatic heterocycles. The van der Waals surface area contributed by atoms with Crippen molar-refractivity contribution in [1.29, 1.82) is 0 Å². The molecule has 8 heteroatoms. The molecule has 6 rings (SSSR count). The normalized spacial score (nSPS) is 15.3. The van der Waals surface area contributed by atoms with Gasteiger partial charge in [0.1, 0.15) is 17.3 Å². The Hall–Kier alpha value is -3.22. The third-order valence-electron chi connectivity index (χ3n) is 5.97. The number of phosphoric acid groups is 1. The third-order valence-corrected chi connectivity index (χ3v) is 9.38. The van der Waals surface area contributed by atoms with Gasteiger partial charge in [0.05, 0.1) is 4.90 Å². The third kappa shape index (κ3) is 4.76. The lowest BCUT2D eigenvalue weighted by Gasteiger charge is -2.19. The Bertz CT molecular complexity index is 1540. The molecule has 0 spiro atoms. The summed E-state index contributed by atoms with van der Waals surface area (Å²) < 4.78 is 39.8. The highest BCUT2D eigenvalue weighted by atomic mass is 32.2. The predicted octanol–water partition coefficient (Wildman–Crippen LogP) is 8.89. The van der Waals surface area contributed by atoms with E-state index in [9.17, 15) is 13.8 Å². The zero-order valence-corrected chi connectivity index (χ0v) is 22.1. The van der Waals surface area contributed by atoms with Crippen molar-refractivity contribution in [3.63, 3.8) is 0 Å². The van der Waals surface area contributed by atoms with Crippen molar-refractivity contribution >= 4 is 55.0 Å². The van der Waals surface area contributed by atoms with Gasteiger partial charge in [-0.15, -0.1) is 0 Å². The predicted molar refractivity (Wildman–Crippen MR) is 146 cm³/mol. The fourth-order valence-corrected chi connectivity index (χ4v) is 7.26. The van der Waals surface area contributed by atoms with E-state index in [-0.39, 0.29) is 11.5 Å². The monoisotopic (exact) mass is 546 g/mol. The van der Waals surface area contributed by atoms with Gasteiger partial charge in [0, 0.05) is 25.8 Å². The summed E-state index contributed by atoms with van der Waals surface area (Å²) >= 11 is 2.83. The van der Waals surface area contributed by atoms with Gasteiger partial charge in [-0.2, -0.15) is 0 Å². The van der Waals surface area contributed by atoms with Crippen molar-refractivity contribution in [2.75, 3.05) is 0 Å². The molecule has 4 aromatic carbocycles. The molecule has 184 valence electrons. The van der Waals surface area contributed by atoms with Crippen LogP contribution >= 0.6 is 31.3 Å². The average Bonchev–Trinajstić information content (AvgIpc) is 3.13. The number of benzene rings is 4. The fourth-order valence-electron chi connectivity index (χ4n) is 4.25. The molecule has 1 unspecified atom stereocenters. The van der Waals surface area contributed by atoms with E-state index in [1.807, 2.05) is 73.7 Å². The fraction of sp³-hybridized carbons (Fsp3) is 0.0345. The minimum absolute atomic E-state index is 0.0613. The Morgan fingerprint density at radius 1 is 0.703 bits per heavy atom. The summed E-state index contributed by atoms with van der Waals surface area (Å²) in [5, 5.41) is 0. The lowest BCUT2D eigenvalue weighted by atomic mass is 10.1. The summed E-state index contributed by atoms with van der Waals surface area (Å²) in [6, 6.07) is 25.5. The molecule has 0 amide bonds. The first-order valence-electron chi connectivity index (χ1n) is 11.5. The van der Waals surface area contributed by atoms with Crippen molar-refractivity contribution in [3.05, 3.63) is 119 Å². The standard InChI is InChI=1S/C29H20FO4PS2/c1-18-8-6-11-21-24(16-19-9-2-4-14-26(19)36-28(18)21)33-35(31,32)34-25-17-20-10-3-5-15-27(20)37-29-22(25)12-7-13-23(29)30/h2-17H,1H3,(H,31,32). The van der Waals surface area contributed by atoms with Gasteiger partial charge in [-0.05, 0) is 60.0 Å². The first-order valence-corrected chi connectivity index (χ1v) is 14.6. The van der Waals surface area contributed by atoms with E-state index in [0.29, 0.717) is 16.0 Å². The SMILES string of the molecule is Cc1cccc2c1Sc1ccccc1C=C2OP(=O)(O)OC1=Cc2ccccc2Sc2c(F)cccc21. The maximum atomic E-state index is 14.8. The molecule has 37 heavy (non-hydrogen) atoms. The maximum Gasteiger partial charge on any atom is 0.584 e. The van der Waals surface area contributed by atoms with Crippen LogP contribution in [-0.2, 0) is 13.6 Å². The number of aryl methyl sites for hydroxylation is 1. The van der Waals surface area contributed by atoms with E-state index < -0.39 is 13.6 Å². The van der Waals surface area contributed by atoms with Crippen LogP contribution in [0.5, 0.6) is 0 Å². The second-order valence-electron chi connectivity index (χ2n) is 8.52. The minimum Gasteiger partial charge on any atom is -0.394 e. The summed E-state index contributed by atoms with van der Waals surface area (Å²) in [5.74, 6) is -0.149. The molecule has 2 heterocycles. The average molecular weight is 547 g/mol. The van der Waals surface area contributed by atoms with Crippen molar-refractivity contribution in [3.8, 4) is 0 Å². The Labute approximate surface area is 222 Å². The molecule has 0 aliphatic carbocycles. The summed E-state index contributed by atoms with van der Waals surface area (Å²) in [4.78, 5) is 14.1. The lowest BCUT2D eigenvalue weighted by molar-refractivity contribution is 0.264. The first kappa shape index (κ1) is 24.1. The summed E-state index contributed by atoms with van der Waals surface area (Å²) in [7, 11) is -4.71. The van der Waals surface area contributed by atoms with Crippen LogP contribution in [0.25, 0.3) is 23.7 Å². The highest BCUT2D eigenvalue weighted by Gasteiger charge is 2.32. The highest BCUT2D eigenvalue weighted by Crippen LogP contribution is 2.55. The molecule has 0 radical (unpaired) electrons. The van der Waals surface area contributed by atoms with Crippen LogP contribution in [-0.4, -0.2) is 4.89 Å². The maximum absolute atomic E-state index is 14.8. The molecule has 0 saturated carbocycles. The zero-order valence-electron chi connectivity index (χ0n) is 19.6. The molecule has 2 aliphatic rings. The van der Waals surface area contributed by atoms with Gasteiger partial charge in [0.15, 0.2) is 0 Å². The summed E-state index contributed by atoms with van der Waals surface area (Å²) in [6.45, 7) is 1.99. The van der Waals surface area contributed by atoms with Crippen LogP contribution in [0, 0.1) is 12.7 Å². The van der Waals surface area contributed by atoms with Crippen LogP contribution in [0.2, 0.25) is 0 Å². The second-order valence-corrected chi connectivity index (χ2v) is 11.9. The topological polar surface area (TPSA) is 55.8 Å². The van der Waals surface area contributed by atoms with Crippen molar-refractivity contribution in [1.82, 2.24) is 0 Å². The first-order chi connectivity index (χ1) is 17.9. The molecule has 4 nitrogen and oxygen atoms in total. The molecule has 0 aromatic heterocycles. The zero-order chi connectivity index (χ0) is 25.6. The van der Waals surface area contributed by atoms with Crippen molar-refractivity contribution in [2.24, 2.45) is 0 Å². The van der Waals surface area contributed by atoms with Gasteiger partial charge in [0.25, 0.3) is 0 Å². The van der Waals surface area contributed by atoms with Crippen LogP contribution in [0.15, 0.2) is 105 Å². The molecule has 0 bridgehead atoms. The number of rotatable bonds is 4. The van der Waals surface area contributed by atoms with E-state index in [1.165, 1.54) is 17.8 Å². The second kappa shape index (κ2) is 9.58. The van der Waals surface area contributed by atoms with Gasteiger partial charge in [-0.3, -0.25) is 4.89 Å². The Balaban J connectivity index is 1.42. The molecular formula is C29H20FO4PS2.